The number of carbonyl (C=O) groups excluding carboxylic acids is 2. The number of amides is 2. The molecule has 1 aliphatic heterocycles. The van der Waals surface area contributed by atoms with E-state index in [0.717, 1.165) is 33.2 Å². The van der Waals surface area contributed by atoms with E-state index in [1.165, 1.54) is 5.56 Å². The number of rotatable bonds is 3. The maximum atomic E-state index is 13.7. The van der Waals surface area contributed by atoms with Crippen LogP contribution in [0.4, 0.5) is 0 Å². The van der Waals surface area contributed by atoms with Gasteiger partial charge in [-0.1, -0.05) is 48.0 Å². The Kier molecular flexibility index (Phi) is 5.45. The van der Waals surface area contributed by atoms with Crippen LogP contribution in [0.1, 0.15) is 26.3 Å². The Balaban J connectivity index is 1.24. The van der Waals surface area contributed by atoms with E-state index in [1.807, 2.05) is 83.5 Å². The molecule has 1 N–H and O–H groups in total. The summed E-state index contributed by atoms with van der Waals surface area (Å²) in [7, 11) is 0. The zero-order valence-electron chi connectivity index (χ0n) is 19.9. The van der Waals surface area contributed by atoms with Gasteiger partial charge in [0.1, 0.15) is 0 Å². The number of para-hydroxylation sites is 1. The van der Waals surface area contributed by atoms with Crippen molar-refractivity contribution in [3.05, 3.63) is 95.8 Å². The van der Waals surface area contributed by atoms with Gasteiger partial charge in [0.25, 0.3) is 11.8 Å². The fraction of sp³-hybridized carbons (Fsp3) is 0.172. The van der Waals surface area contributed by atoms with Gasteiger partial charge in [-0.05, 0) is 37.3 Å². The molecule has 0 aliphatic carbocycles. The summed E-state index contributed by atoms with van der Waals surface area (Å²) in [5, 5.41) is 0.838. The molecule has 6 rings (SSSR count). The van der Waals surface area contributed by atoms with Crippen molar-refractivity contribution in [1.29, 1.82) is 0 Å². The number of imidazole rings is 1. The number of pyridine rings is 1. The second-order valence-corrected chi connectivity index (χ2v) is 9.16. The molecule has 1 saturated heterocycles. The van der Waals surface area contributed by atoms with Crippen molar-refractivity contribution >= 4 is 33.8 Å². The standard InChI is InChI=1S/C29H25N5O2/c1-19-6-8-20(9-7-19)26-17-23(22-4-2-3-5-24(22)32-26)29(36)34-14-12-33(13-15-34)28(35)21-10-11-25-27(16-21)31-18-30-25/h2-11,16-18H,12-15H2,1H3,(H,30,31). The van der Waals surface area contributed by atoms with Gasteiger partial charge < -0.3 is 14.8 Å². The number of benzene rings is 3. The molecule has 5 aromatic rings. The van der Waals surface area contributed by atoms with Gasteiger partial charge >= 0.3 is 0 Å². The summed E-state index contributed by atoms with van der Waals surface area (Å²) in [6.07, 6.45) is 1.62. The number of piperazine rings is 1. The molecule has 7 heteroatoms. The monoisotopic (exact) mass is 475 g/mol. The summed E-state index contributed by atoms with van der Waals surface area (Å²) < 4.78 is 0. The lowest BCUT2D eigenvalue weighted by Crippen LogP contribution is -2.50. The second kappa shape index (κ2) is 8.92. The highest BCUT2D eigenvalue weighted by Crippen LogP contribution is 2.27. The first-order chi connectivity index (χ1) is 17.6. The zero-order chi connectivity index (χ0) is 24.6. The molecule has 0 bridgehead atoms. The van der Waals surface area contributed by atoms with Crippen molar-refractivity contribution < 1.29 is 9.59 Å². The van der Waals surface area contributed by atoms with Crippen molar-refractivity contribution in [1.82, 2.24) is 24.8 Å². The van der Waals surface area contributed by atoms with Crippen molar-refractivity contribution in [3.8, 4) is 11.3 Å². The number of carbonyl (C=O) groups is 2. The largest absolute Gasteiger partial charge is 0.345 e. The van der Waals surface area contributed by atoms with E-state index in [2.05, 4.69) is 9.97 Å². The lowest BCUT2D eigenvalue weighted by atomic mass is 10.0. The van der Waals surface area contributed by atoms with Gasteiger partial charge in [-0.15, -0.1) is 0 Å². The van der Waals surface area contributed by atoms with E-state index < -0.39 is 0 Å². The lowest BCUT2D eigenvalue weighted by molar-refractivity contribution is 0.0536. The van der Waals surface area contributed by atoms with Crippen molar-refractivity contribution in [3.63, 3.8) is 0 Å². The fourth-order valence-corrected chi connectivity index (χ4v) is 4.76. The van der Waals surface area contributed by atoms with Gasteiger partial charge in [0.15, 0.2) is 0 Å². The van der Waals surface area contributed by atoms with Crippen LogP contribution in [0.3, 0.4) is 0 Å². The summed E-state index contributed by atoms with van der Waals surface area (Å²) >= 11 is 0. The van der Waals surface area contributed by atoms with Crippen LogP contribution < -0.4 is 0 Å². The third-order valence-corrected chi connectivity index (χ3v) is 6.82. The Labute approximate surface area is 208 Å². The molecule has 0 radical (unpaired) electrons. The molecule has 0 spiro atoms. The highest BCUT2D eigenvalue weighted by Gasteiger charge is 2.27. The minimum Gasteiger partial charge on any atom is -0.345 e. The highest BCUT2D eigenvalue weighted by molar-refractivity contribution is 6.07. The number of nitrogens with one attached hydrogen (secondary N) is 1. The number of hydrogen-bond acceptors (Lipinski definition) is 4. The number of nitrogens with zero attached hydrogens (tertiary/aromatic N) is 4. The lowest BCUT2D eigenvalue weighted by Gasteiger charge is -2.35. The number of aryl methyl sites for hydroxylation is 1. The quantitative estimate of drug-likeness (QED) is 0.411. The van der Waals surface area contributed by atoms with Crippen LogP contribution in [0, 0.1) is 6.92 Å². The molecule has 1 aliphatic rings. The first-order valence-corrected chi connectivity index (χ1v) is 12.1. The number of hydrogen-bond donors (Lipinski definition) is 1. The minimum absolute atomic E-state index is 0.0328. The van der Waals surface area contributed by atoms with Gasteiger partial charge in [-0.2, -0.15) is 0 Å². The maximum absolute atomic E-state index is 13.7. The molecule has 2 aromatic heterocycles. The Bertz CT molecular complexity index is 1600. The van der Waals surface area contributed by atoms with Crippen LogP contribution in [0.5, 0.6) is 0 Å². The number of H-pyrrole nitrogens is 1. The minimum atomic E-state index is -0.0343. The molecular weight excluding hydrogens is 450 g/mol. The van der Waals surface area contributed by atoms with Crippen molar-refractivity contribution in [2.45, 2.75) is 6.92 Å². The Morgan fingerprint density at radius 3 is 2.31 bits per heavy atom. The number of aromatic amines is 1. The van der Waals surface area contributed by atoms with E-state index in [0.29, 0.717) is 37.3 Å². The molecule has 3 heterocycles. The van der Waals surface area contributed by atoms with Gasteiger partial charge in [0.05, 0.1) is 34.1 Å². The molecule has 178 valence electrons. The summed E-state index contributed by atoms with van der Waals surface area (Å²) in [6.45, 7) is 3.98. The van der Waals surface area contributed by atoms with Crippen LogP contribution in [0.15, 0.2) is 79.1 Å². The highest BCUT2D eigenvalue weighted by atomic mass is 16.2. The molecule has 0 saturated carbocycles. The van der Waals surface area contributed by atoms with Crippen LogP contribution >= 0.6 is 0 Å². The fourth-order valence-electron chi connectivity index (χ4n) is 4.76. The summed E-state index contributed by atoms with van der Waals surface area (Å²) in [5.41, 5.74) is 6.65. The summed E-state index contributed by atoms with van der Waals surface area (Å²) in [6, 6.07) is 23.3. The Morgan fingerprint density at radius 2 is 1.53 bits per heavy atom. The van der Waals surface area contributed by atoms with Gasteiger partial charge in [-0.25, -0.2) is 9.97 Å². The van der Waals surface area contributed by atoms with Crippen LogP contribution in [0.2, 0.25) is 0 Å². The third-order valence-electron chi connectivity index (χ3n) is 6.82. The molecule has 7 nitrogen and oxygen atoms in total. The first kappa shape index (κ1) is 22.0. The summed E-state index contributed by atoms with van der Waals surface area (Å²) in [5.74, 6) is -0.0671. The molecule has 2 amide bonds. The van der Waals surface area contributed by atoms with E-state index >= 15 is 0 Å². The van der Waals surface area contributed by atoms with E-state index in [9.17, 15) is 9.59 Å². The van der Waals surface area contributed by atoms with Gasteiger partial charge in [0.2, 0.25) is 0 Å². The van der Waals surface area contributed by atoms with Crippen LogP contribution in [-0.4, -0.2) is 62.7 Å². The van der Waals surface area contributed by atoms with Crippen molar-refractivity contribution in [2.24, 2.45) is 0 Å². The van der Waals surface area contributed by atoms with E-state index in [4.69, 9.17) is 4.98 Å². The molecule has 1 fully saturated rings. The molecule has 36 heavy (non-hydrogen) atoms. The molecule has 0 atom stereocenters. The Morgan fingerprint density at radius 1 is 0.806 bits per heavy atom. The summed E-state index contributed by atoms with van der Waals surface area (Å²) in [4.78, 5) is 42.5. The van der Waals surface area contributed by atoms with E-state index in [-0.39, 0.29) is 11.8 Å². The Hall–Kier alpha value is -4.52. The predicted octanol–water partition coefficient (Wildman–Crippen LogP) is 4.68. The average molecular weight is 476 g/mol. The number of aromatic nitrogens is 3. The maximum Gasteiger partial charge on any atom is 0.254 e. The first-order valence-electron chi connectivity index (χ1n) is 12.1. The molecule has 0 unspecified atom stereocenters. The van der Waals surface area contributed by atoms with Crippen LogP contribution in [0.25, 0.3) is 33.2 Å². The second-order valence-electron chi connectivity index (χ2n) is 9.16. The van der Waals surface area contributed by atoms with Crippen molar-refractivity contribution in [2.75, 3.05) is 26.2 Å². The average Bonchev–Trinajstić information content (AvgIpc) is 3.40. The third kappa shape index (κ3) is 3.98. The number of fused-ring (bicyclic) bond motifs is 2. The normalized spacial score (nSPS) is 13.9. The smallest absolute Gasteiger partial charge is 0.254 e. The van der Waals surface area contributed by atoms with Gasteiger partial charge in [-0.3, -0.25) is 9.59 Å². The molecule has 3 aromatic carbocycles. The topological polar surface area (TPSA) is 82.2 Å². The zero-order valence-corrected chi connectivity index (χ0v) is 19.9. The van der Waals surface area contributed by atoms with Crippen LogP contribution in [-0.2, 0) is 0 Å². The van der Waals surface area contributed by atoms with E-state index in [1.54, 1.807) is 12.4 Å². The predicted molar refractivity (Wildman–Crippen MR) is 140 cm³/mol. The molecular formula is C29H25N5O2. The SMILES string of the molecule is Cc1ccc(-c2cc(C(=O)N3CCN(C(=O)c4ccc5nc[nH]c5c4)CC3)c3ccccc3n2)cc1. The van der Waals surface area contributed by atoms with Gasteiger partial charge in [0, 0.05) is 42.7 Å².